The molecule has 2 rings (SSSR count). The average Bonchev–Trinajstić information content (AvgIpc) is 2.58. The number of anilines is 4. The Kier molecular flexibility index (Phi) is 6.35. The van der Waals surface area contributed by atoms with Crippen molar-refractivity contribution in [2.24, 2.45) is 0 Å². The maximum Gasteiger partial charge on any atom is 0.249 e. The van der Waals surface area contributed by atoms with Crippen LogP contribution in [0.1, 0.15) is 39.7 Å². The summed E-state index contributed by atoms with van der Waals surface area (Å²) in [6.45, 7) is 12.7. The van der Waals surface area contributed by atoms with Crippen LogP contribution in [0.25, 0.3) is 0 Å². The lowest BCUT2D eigenvalue weighted by Crippen LogP contribution is -2.21. The lowest BCUT2D eigenvalue weighted by Gasteiger charge is -2.22. The van der Waals surface area contributed by atoms with Crippen molar-refractivity contribution in [2.45, 2.75) is 47.1 Å². The first-order valence-electron chi connectivity index (χ1n) is 8.66. The van der Waals surface area contributed by atoms with Crippen molar-refractivity contribution in [3.05, 3.63) is 30.0 Å². The van der Waals surface area contributed by atoms with Crippen molar-refractivity contribution in [2.75, 3.05) is 28.6 Å². The first-order chi connectivity index (χ1) is 11.6. The summed E-state index contributed by atoms with van der Waals surface area (Å²) in [5, 5.41) is 14.7. The monoisotopic (exact) mass is 328 g/mol. The van der Waals surface area contributed by atoms with Crippen molar-refractivity contribution in [1.82, 2.24) is 15.2 Å². The van der Waals surface area contributed by atoms with Crippen LogP contribution in [0.2, 0.25) is 0 Å². The molecule has 1 heterocycles. The van der Waals surface area contributed by atoms with Crippen molar-refractivity contribution in [3.8, 4) is 0 Å². The lowest BCUT2D eigenvalue weighted by atomic mass is 10.1. The van der Waals surface area contributed by atoms with Crippen molar-refractivity contribution in [1.29, 1.82) is 0 Å². The van der Waals surface area contributed by atoms with E-state index >= 15 is 0 Å². The van der Waals surface area contributed by atoms with Gasteiger partial charge in [-0.25, -0.2) is 0 Å². The Morgan fingerprint density at radius 3 is 2.54 bits per heavy atom. The fraction of sp³-hybridized carbons (Fsp3) is 0.500. The Bertz CT molecular complexity index is 654. The summed E-state index contributed by atoms with van der Waals surface area (Å²) >= 11 is 0. The van der Waals surface area contributed by atoms with Crippen LogP contribution < -0.4 is 15.5 Å². The van der Waals surface area contributed by atoms with Crippen LogP contribution in [-0.4, -0.2) is 34.3 Å². The molecule has 1 aromatic heterocycles. The molecule has 0 amide bonds. The lowest BCUT2D eigenvalue weighted by molar-refractivity contribution is 0.755. The van der Waals surface area contributed by atoms with Gasteiger partial charge in [-0.1, -0.05) is 6.92 Å². The molecule has 0 radical (unpaired) electrons. The number of nitrogens with one attached hydrogen (secondary N) is 2. The van der Waals surface area contributed by atoms with E-state index in [4.69, 9.17) is 0 Å². The van der Waals surface area contributed by atoms with Gasteiger partial charge in [-0.3, -0.25) is 0 Å². The fourth-order valence-corrected chi connectivity index (χ4v) is 2.47. The third kappa shape index (κ3) is 4.57. The zero-order chi connectivity index (χ0) is 17.5. The van der Waals surface area contributed by atoms with E-state index in [1.807, 2.05) is 0 Å². The molecule has 0 fully saturated rings. The van der Waals surface area contributed by atoms with Gasteiger partial charge in [0, 0.05) is 30.5 Å². The summed E-state index contributed by atoms with van der Waals surface area (Å²) in [5.41, 5.74) is 3.38. The Morgan fingerprint density at radius 2 is 1.92 bits per heavy atom. The zero-order valence-electron chi connectivity index (χ0n) is 15.3. The van der Waals surface area contributed by atoms with E-state index in [1.54, 1.807) is 6.20 Å². The van der Waals surface area contributed by atoms with Gasteiger partial charge in [0.25, 0.3) is 0 Å². The van der Waals surface area contributed by atoms with Gasteiger partial charge < -0.3 is 15.5 Å². The van der Waals surface area contributed by atoms with Crippen molar-refractivity contribution in [3.63, 3.8) is 0 Å². The molecular weight excluding hydrogens is 300 g/mol. The summed E-state index contributed by atoms with van der Waals surface area (Å²) in [6.07, 6.45) is 2.67. The van der Waals surface area contributed by atoms with Crippen LogP contribution in [0.3, 0.4) is 0 Å². The molecule has 2 aromatic rings. The van der Waals surface area contributed by atoms with Gasteiger partial charge in [0.1, 0.15) is 0 Å². The van der Waals surface area contributed by atoms with E-state index in [-0.39, 0.29) is 0 Å². The van der Waals surface area contributed by atoms with E-state index in [0.717, 1.165) is 36.6 Å². The summed E-state index contributed by atoms with van der Waals surface area (Å²) in [5.74, 6) is 1.24. The molecule has 2 N–H and O–H groups in total. The minimum absolute atomic E-state index is 0.352. The molecule has 6 nitrogen and oxygen atoms in total. The third-order valence-electron chi connectivity index (χ3n) is 4.15. The summed E-state index contributed by atoms with van der Waals surface area (Å²) in [4.78, 5) is 6.81. The molecule has 0 saturated carbocycles. The minimum atomic E-state index is 0.352. The highest BCUT2D eigenvalue weighted by atomic mass is 15.3. The molecule has 0 spiro atoms. The second-order valence-corrected chi connectivity index (χ2v) is 5.92. The molecule has 0 aliphatic rings. The first kappa shape index (κ1) is 18.0. The Balaban J connectivity index is 2.15. The zero-order valence-corrected chi connectivity index (χ0v) is 15.3. The first-order valence-corrected chi connectivity index (χ1v) is 8.66. The van der Waals surface area contributed by atoms with Gasteiger partial charge in [-0.15, -0.1) is 5.10 Å². The quantitative estimate of drug-likeness (QED) is 0.764. The Labute approximate surface area is 144 Å². The molecule has 0 aliphatic carbocycles. The van der Waals surface area contributed by atoms with Crippen molar-refractivity contribution < 1.29 is 0 Å². The second kappa shape index (κ2) is 8.47. The molecular formula is C18H28N6. The standard InChI is InChI=1S/C18H28N6/c1-6-14(5)20-17-12-19-23-18(22-17)21-16-10-9-15(11-13(16)4)24(7-2)8-3/h9-12,14H,6-8H2,1-5H3,(H2,20,21,22,23). The van der Waals surface area contributed by atoms with Crippen LogP contribution >= 0.6 is 0 Å². The molecule has 1 unspecified atom stereocenters. The van der Waals surface area contributed by atoms with E-state index < -0.39 is 0 Å². The number of nitrogens with zero attached hydrogens (tertiary/aromatic N) is 4. The van der Waals surface area contributed by atoms with E-state index in [1.165, 1.54) is 5.69 Å². The average molecular weight is 328 g/mol. The number of hydrogen-bond acceptors (Lipinski definition) is 6. The highest BCUT2D eigenvalue weighted by molar-refractivity contribution is 5.64. The number of hydrogen-bond donors (Lipinski definition) is 2. The number of rotatable bonds is 8. The number of aryl methyl sites for hydroxylation is 1. The summed E-state index contributed by atoms with van der Waals surface area (Å²) < 4.78 is 0. The van der Waals surface area contributed by atoms with Crippen molar-refractivity contribution >= 4 is 23.1 Å². The predicted octanol–water partition coefficient (Wildman–Crippen LogP) is 3.98. The molecule has 24 heavy (non-hydrogen) atoms. The minimum Gasteiger partial charge on any atom is -0.372 e. The molecule has 130 valence electrons. The van der Waals surface area contributed by atoms with E-state index in [9.17, 15) is 0 Å². The molecule has 0 aliphatic heterocycles. The predicted molar refractivity (Wildman–Crippen MR) is 101 cm³/mol. The fourth-order valence-electron chi connectivity index (χ4n) is 2.47. The largest absolute Gasteiger partial charge is 0.372 e. The normalized spacial score (nSPS) is 11.9. The smallest absolute Gasteiger partial charge is 0.249 e. The van der Waals surface area contributed by atoms with E-state index in [2.05, 4.69) is 83.5 Å². The highest BCUT2D eigenvalue weighted by Gasteiger charge is 2.08. The molecule has 6 heteroatoms. The van der Waals surface area contributed by atoms with E-state index in [0.29, 0.717) is 12.0 Å². The third-order valence-corrected chi connectivity index (χ3v) is 4.15. The Hall–Kier alpha value is -2.37. The highest BCUT2D eigenvalue weighted by Crippen LogP contribution is 2.24. The van der Waals surface area contributed by atoms with Crippen LogP contribution in [-0.2, 0) is 0 Å². The maximum atomic E-state index is 4.48. The topological polar surface area (TPSA) is 66.0 Å². The van der Waals surface area contributed by atoms with Gasteiger partial charge in [0.05, 0.1) is 6.20 Å². The van der Waals surface area contributed by atoms with Crippen LogP contribution in [0.5, 0.6) is 0 Å². The van der Waals surface area contributed by atoms with Gasteiger partial charge in [0.15, 0.2) is 5.82 Å². The van der Waals surface area contributed by atoms with Gasteiger partial charge in [-0.05, 0) is 57.9 Å². The Morgan fingerprint density at radius 1 is 1.17 bits per heavy atom. The van der Waals surface area contributed by atoms with Crippen LogP contribution in [0, 0.1) is 6.92 Å². The van der Waals surface area contributed by atoms with Gasteiger partial charge >= 0.3 is 0 Å². The van der Waals surface area contributed by atoms with Gasteiger partial charge in [-0.2, -0.15) is 10.1 Å². The summed E-state index contributed by atoms with van der Waals surface area (Å²) in [6, 6.07) is 6.73. The van der Waals surface area contributed by atoms with Gasteiger partial charge in [0.2, 0.25) is 5.95 Å². The number of aromatic nitrogens is 3. The number of benzene rings is 1. The SMILES string of the molecule is CCC(C)Nc1cnnc(Nc2ccc(N(CC)CC)cc2C)n1. The van der Waals surface area contributed by atoms with Crippen LogP contribution in [0.15, 0.2) is 24.4 Å². The molecule has 0 bridgehead atoms. The molecule has 1 atom stereocenters. The maximum absolute atomic E-state index is 4.48. The van der Waals surface area contributed by atoms with Crippen LogP contribution in [0.4, 0.5) is 23.1 Å². The molecule has 0 saturated heterocycles. The second-order valence-electron chi connectivity index (χ2n) is 5.92. The molecule has 1 aromatic carbocycles. The summed E-state index contributed by atoms with van der Waals surface area (Å²) in [7, 11) is 0.